The molecule has 0 fully saturated rings. The van der Waals surface area contributed by atoms with Gasteiger partial charge >= 0.3 is 0 Å². The number of carbonyl (C=O) groups excluding carboxylic acids is 1. The monoisotopic (exact) mass is 256 g/mol. The molecular formula is C15H32N2O. The van der Waals surface area contributed by atoms with E-state index in [-0.39, 0.29) is 5.92 Å². The summed E-state index contributed by atoms with van der Waals surface area (Å²) in [4.78, 5) is 14.7. The van der Waals surface area contributed by atoms with Crippen LogP contribution in [-0.4, -0.2) is 29.9 Å². The van der Waals surface area contributed by atoms with Crippen molar-refractivity contribution in [2.24, 2.45) is 11.7 Å². The maximum absolute atomic E-state index is 12.6. The Balaban J connectivity index is 4.78. The number of nitrogens with two attached hydrogens (primary N) is 1. The van der Waals surface area contributed by atoms with Crippen LogP contribution in [0.15, 0.2) is 0 Å². The van der Waals surface area contributed by atoms with Crippen LogP contribution in [0.3, 0.4) is 0 Å². The molecule has 0 rings (SSSR count). The van der Waals surface area contributed by atoms with Crippen LogP contribution < -0.4 is 5.73 Å². The van der Waals surface area contributed by atoms with Crippen molar-refractivity contribution in [3.63, 3.8) is 0 Å². The lowest BCUT2D eigenvalue weighted by molar-refractivity contribution is -0.138. The van der Waals surface area contributed by atoms with Gasteiger partial charge < -0.3 is 10.6 Å². The van der Waals surface area contributed by atoms with Crippen molar-refractivity contribution in [1.82, 2.24) is 4.90 Å². The second-order valence-electron chi connectivity index (χ2n) is 5.06. The van der Waals surface area contributed by atoms with Crippen LogP contribution in [0.25, 0.3) is 0 Å². The second kappa shape index (κ2) is 10.4. The highest BCUT2D eigenvalue weighted by Gasteiger charge is 2.26. The first kappa shape index (κ1) is 17.4. The zero-order valence-electron chi connectivity index (χ0n) is 12.7. The lowest BCUT2D eigenvalue weighted by atomic mass is 9.95. The summed E-state index contributed by atoms with van der Waals surface area (Å²) in [7, 11) is 0. The van der Waals surface area contributed by atoms with Crippen LogP contribution >= 0.6 is 0 Å². The van der Waals surface area contributed by atoms with E-state index < -0.39 is 0 Å². The average molecular weight is 256 g/mol. The Kier molecular flexibility index (Phi) is 10.0. The van der Waals surface area contributed by atoms with Gasteiger partial charge in [0.25, 0.3) is 0 Å². The highest BCUT2D eigenvalue weighted by Crippen LogP contribution is 2.20. The van der Waals surface area contributed by atoms with E-state index in [1.165, 1.54) is 0 Å². The fourth-order valence-corrected chi connectivity index (χ4v) is 2.66. The van der Waals surface area contributed by atoms with Gasteiger partial charge in [0.2, 0.25) is 5.91 Å². The number of nitrogens with zero attached hydrogens (tertiary/aromatic N) is 1. The number of hydrogen-bond donors (Lipinski definition) is 1. The van der Waals surface area contributed by atoms with E-state index in [2.05, 4.69) is 27.7 Å². The van der Waals surface area contributed by atoms with Gasteiger partial charge in [-0.15, -0.1) is 0 Å². The number of carbonyl (C=O) groups is 1. The van der Waals surface area contributed by atoms with Crippen molar-refractivity contribution in [1.29, 1.82) is 0 Å². The highest BCUT2D eigenvalue weighted by atomic mass is 16.2. The third-order valence-corrected chi connectivity index (χ3v) is 3.66. The molecule has 3 heteroatoms. The first-order valence-electron chi connectivity index (χ1n) is 7.66. The van der Waals surface area contributed by atoms with Gasteiger partial charge in [-0.1, -0.05) is 40.5 Å². The van der Waals surface area contributed by atoms with Crippen molar-refractivity contribution in [3.8, 4) is 0 Å². The Hall–Kier alpha value is -0.570. The molecule has 0 bridgehead atoms. The summed E-state index contributed by atoms with van der Waals surface area (Å²) in [5, 5.41) is 0. The van der Waals surface area contributed by atoms with Crippen LogP contribution in [0.5, 0.6) is 0 Å². The molecule has 0 saturated heterocycles. The maximum Gasteiger partial charge on any atom is 0.225 e. The molecule has 1 amide bonds. The Morgan fingerprint density at radius 1 is 1.06 bits per heavy atom. The molecular weight excluding hydrogens is 224 g/mol. The fourth-order valence-electron chi connectivity index (χ4n) is 2.66. The van der Waals surface area contributed by atoms with Crippen molar-refractivity contribution in [2.45, 2.75) is 72.3 Å². The van der Waals surface area contributed by atoms with E-state index in [0.29, 0.717) is 25.0 Å². The molecule has 0 heterocycles. The summed E-state index contributed by atoms with van der Waals surface area (Å²) in [5.74, 6) is 0.532. The number of rotatable bonds is 10. The average Bonchev–Trinajstić information content (AvgIpc) is 2.38. The van der Waals surface area contributed by atoms with E-state index in [4.69, 9.17) is 5.73 Å². The molecule has 0 aromatic heterocycles. The van der Waals surface area contributed by atoms with E-state index in [1.54, 1.807) is 0 Å². The van der Waals surface area contributed by atoms with Gasteiger partial charge in [-0.2, -0.15) is 0 Å². The number of amides is 1. The molecule has 0 atom stereocenters. The third kappa shape index (κ3) is 5.38. The van der Waals surface area contributed by atoms with Gasteiger partial charge in [-0.25, -0.2) is 0 Å². The molecule has 18 heavy (non-hydrogen) atoms. The molecule has 0 unspecified atom stereocenters. The smallest absolute Gasteiger partial charge is 0.225 e. The molecule has 0 saturated carbocycles. The standard InChI is InChI=1S/C15H32N2O/c1-5-9-13(10-6-2)15(18)17(12-11-16)14(7-3)8-4/h13-14H,5-12,16H2,1-4H3. The molecule has 0 spiro atoms. The molecule has 3 nitrogen and oxygen atoms in total. The van der Waals surface area contributed by atoms with Gasteiger partial charge in [0.15, 0.2) is 0 Å². The summed E-state index contributed by atoms with van der Waals surface area (Å²) in [5.41, 5.74) is 5.67. The van der Waals surface area contributed by atoms with Gasteiger partial charge in [0, 0.05) is 25.0 Å². The lowest BCUT2D eigenvalue weighted by Crippen LogP contribution is -2.45. The van der Waals surface area contributed by atoms with Gasteiger partial charge in [-0.3, -0.25) is 4.79 Å². The summed E-state index contributed by atoms with van der Waals surface area (Å²) in [6.07, 6.45) is 6.22. The SMILES string of the molecule is CCCC(CCC)C(=O)N(CCN)C(CC)CC. The minimum absolute atomic E-state index is 0.201. The fraction of sp³-hybridized carbons (Fsp3) is 0.933. The van der Waals surface area contributed by atoms with Gasteiger partial charge in [-0.05, 0) is 25.7 Å². The summed E-state index contributed by atoms with van der Waals surface area (Å²) in [6, 6.07) is 0.359. The molecule has 0 aliphatic heterocycles. The first-order valence-corrected chi connectivity index (χ1v) is 7.66. The van der Waals surface area contributed by atoms with Gasteiger partial charge in [0.1, 0.15) is 0 Å². The lowest BCUT2D eigenvalue weighted by Gasteiger charge is -2.33. The first-order chi connectivity index (χ1) is 8.65. The zero-order chi connectivity index (χ0) is 14.0. The van der Waals surface area contributed by atoms with E-state index in [1.807, 2.05) is 4.90 Å². The predicted molar refractivity (Wildman–Crippen MR) is 78.4 cm³/mol. The third-order valence-electron chi connectivity index (χ3n) is 3.66. The topological polar surface area (TPSA) is 46.3 Å². The van der Waals surface area contributed by atoms with E-state index in [9.17, 15) is 4.79 Å². The van der Waals surface area contributed by atoms with Crippen LogP contribution in [0.2, 0.25) is 0 Å². The van der Waals surface area contributed by atoms with Crippen LogP contribution in [0.1, 0.15) is 66.2 Å². The maximum atomic E-state index is 12.6. The largest absolute Gasteiger partial charge is 0.338 e. The van der Waals surface area contributed by atoms with Crippen LogP contribution in [0, 0.1) is 5.92 Å². The molecule has 0 aromatic carbocycles. The molecule has 0 aliphatic carbocycles. The van der Waals surface area contributed by atoms with Crippen molar-refractivity contribution in [3.05, 3.63) is 0 Å². The Morgan fingerprint density at radius 3 is 1.89 bits per heavy atom. The quantitative estimate of drug-likeness (QED) is 0.652. The Morgan fingerprint density at radius 2 is 1.56 bits per heavy atom. The summed E-state index contributed by atoms with van der Waals surface area (Å²) >= 11 is 0. The highest BCUT2D eigenvalue weighted by molar-refractivity contribution is 5.79. The van der Waals surface area contributed by atoms with E-state index >= 15 is 0 Å². The number of hydrogen-bond acceptors (Lipinski definition) is 2. The molecule has 2 N–H and O–H groups in total. The zero-order valence-corrected chi connectivity index (χ0v) is 12.7. The molecule has 108 valence electrons. The van der Waals surface area contributed by atoms with Gasteiger partial charge in [0.05, 0.1) is 0 Å². The van der Waals surface area contributed by atoms with E-state index in [0.717, 1.165) is 38.5 Å². The Bertz CT molecular complexity index is 209. The summed E-state index contributed by atoms with van der Waals surface area (Å²) < 4.78 is 0. The minimum atomic E-state index is 0.201. The summed E-state index contributed by atoms with van der Waals surface area (Å²) in [6.45, 7) is 9.88. The second-order valence-corrected chi connectivity index (χ2v) is 5.06. The Labute approximate surface area is 113 Å². The molecule has 0 aliphatic rings. The van der Waals surface area contributed by atoms with Crippen LogP contribution in [-0.2, 0) is 4.79 Å². The normalized spacial score (nSPS) is 11.3. The van der Waals surface area contributed by atoms with Crippen molar-refractivity contribution in [2.75, 3.05) is 13.1 Å². The predicted octanol–water partition coefficient (Wildman–Crippen LogP) is 3.18. The molecule has 0 radical (unpaired) electrons. The van der Waals surface area contributed by atoms with Crippen molar-refractivity contribution >= 4 is 5.91 Å². The minimum Gasteiger partial charge on any atom is -0.338 e. The molecule has 0 aromatic rings. The van der Waals surface area contributed by atoms with Crippen molar-refractivity contribution < 1.29 is 4.79 Å². The van der Waals surface area contributed by atoms with Crippen LogP contribution in [0.4, 0.5) is 0 Å².